The summed E-state index contributed by atoms with van der Waals surface area (Å²) in [5.74, 6) is 1.94. The Morgan fingerprint density at radius 1 is 0.925 bits per heavy atom. The molecule has 4 aromatic rings. The van der Waals surface area contributed by atoms with Crippen LogP contribution in [0.2, 0.25) is 0 Å². The van der Waals surface area contributed by atoms with Crippen LogP contribution < -0.4 is 20.7 Å². The summed E-state index contributed by atoms with van der Waals surface area (Å²) in [6.45, 7) is 1.63. The summed E-state index contributed by atoms with van der Waals surface area (Å²) < 4.78 is 17.8. The topological polar surface area (TPSA) is 103 Å². The Morgan fingerprint density at radius 3 is 2.02 bits per heavy atom. The standard InChI is InChI=1S/C31H32N2O6S/c1-20-18-33(30(36)32-29(20)35)28-17-26(34)27(39-28)19-40-31(21-7-5-4-6-8-21,22-9-13-24(37-2)14-10-22)23-11-15-25(38-3)16-12-23/h4-16,18,26-28,34H,17,19H2,1-3H3,(H,32,35,36)/t26-,27+,28+/m0/s1. The summed E-state index contributed by atoms with van der Waals surface area (Å²) in [5.41, 5.74) is 2.54. The Balaban J connectivity index is 1.54. The number of H-pyrrole nitrogens is 1. The second-order valence-corrected chi connectivity index (χ2v) is 11.0. The van der Waals surface area contributed by atoms with E-state index in [1.807, 2.05) is 42.5 Å². The van der Waals surface area contributed by atoms with Crippen LogP contribution in [-0.4, -0.2) is 46.8 Å². The minimum atomic E-state index is -0.795. The van der Waals surface area contributed by atoms with Crippen molar-refractivity contribution in [3.8, 4) is 11.5 Å². The maximum absolute atomic E-state index is 12.5. The lowest BCUT2D eigenvalue weighted by atomic mass is 9.84. The van der Waals surface area contributed by atoms with Crippen LogP contribution in [0.3, 0.4) is 0 Å². The molecule has 0 spiro atoms. The molecule has 2 N–H and O–H groups in total. The van der Waals surface area contributed by atoms with Gasteiger partial charge in [-0.25, -0.2) is 4.79 Å². The van der Waals surface area contributed by atoms with Gasteiger partial charge in [0.05, 0.1) is 31.2 Å². The molecule has 1 aromatic heterocycles. The molecule has 0 unspecified atom stereocenters. The number of thioether (sulfide) groups is 1. The highest BCUT2D eigenvalue weighted by Gasteiger charge is 2.41. The predicted octanol–water partition coefficient (Wildman–Crippen LogP) is 4.24. The minimum absolute atomic E-state index is 0.236. The lowest BCUT2D eigenvalue weighted by Crippen LogP contribution is -2.33. The number of aryl methyl sites for hydroxylation is 1. The van der Waals surface area contributed by atoms with Crippen LogP contribution in [0.4, 0.5) is 0 Å². The van der Waals surface area contributed by atoms with Gasteiger partial charge in [0.1, 0.15) is 17.7 Å². The van der Waals surface area contributed by atoms with Crippen molar-refractivity contribution in [1.82, 2.24) is 9.55 Å². The van der Waals surface area contributed by atoms with Gasteiger partial charge in [-0.05, 0) is 47.9 Å². The molecule has 0 bridgehead atoms. The largest absolute Gasteiger partial charge is 0.497 e. The van der Waals surface area contributed by atoms with Crippen LogP contribution in [0.1, 0.15) is 34.9 Å². The van der Waals surface area contributed by atoms with Gasteiger partial charge < -0.3 is 19.3 Å². The smallest absolute Gasteiger partial charge is 0.330 e. The number of aliphatic hydroxyl groups excluding tert-OH is 1. The molecule has 2 heterocycles. The van der Waals surface area contributed by atoms with Gasteiger partial charge in [0.25, 0.3) is 5.56 Å². The van der Waals surface area contributed by atoms with E-state index in [9.17, 15) is 14.7 Å². The van der Waals surface area contributed by atoms with E-state index in [-0.39, 0.29) is 6.42 Å². The van der Waals surface area contributed by atoms with E-state index in [1.54, 1.807) is 32.9 Å². The molecule has 8 nitrogen and oxygen atoms in total. The SMILES string of the molecule is COc1ccc(C(SC[C@H]2O[C@@H](n3cc(C)c(=O)[nH]c3=O)C[C@@H]2O)(c2ccccc2)c2ccc(OC)cc2)cc1. The number of methoxy groups -OCH3 is 2. The molecule has 1 fully saturated rings. The first-order valence-corrected chi connectivity index (χ1v) is 14.0. The number of ether oxygens (including phenoxy) is 3. The fourth-order valence-electron chi connectivity index (χ4n) is 5.12. The maximum atomic E-state index is 12.5. The predicted molar refractivity (Wildman–Crippen MR) is 155 cm³/mol. The molecule has 5 rings (SSSR count). The van der Waals surface area contributed by atoms with E-state index < -0.39 is 34.4 Å². The number of nitrogens with zero attached hydrogens (tertiary/aromatic N) is 1. The first-order chi connectivity index (χ1) is 19.3. The molecule has 3 atom stereocenters. The van der Waals surface area contributed by atoms with E-state index in [2.05, 4.69) is 41.4 Å². The zero-order valence-corrected chi connectivity index (χ0v) is 23.4. The molecular formula is C31H32N2O6S. The first kappa shape index (κ1) is 27.8. The molecule has 1 saturated heterocycles. The third-order valence-corrected chi connectivity index (χ3v) is 8.93. The Labute approximate surface area is 236 Å². The average molecular weight is 561 g/mol. The number of aliphatic hydroxyl groups is 1. The van der Waals surface area contributed by atoms with E-state index in [0.717, 1.165) is 28.2 Å². The summed E-state index contributed by atoms with van der Waals surface area (Å²) in [5, 5.41) is 11.0. The lowest BCUT2D eigenvalue weighted by molar-refractivity contribution is -0.00772. The zero-order chi connectivity index (χ0) is 28.3. The van der Waals surface area contributed by atoms with Gasteiger partial charge in [-0.2, -0.15) is 0 Å². The third kappa shape index (κ3) is 5.32. The Kier molecular flexibility index (Phi) is 8.16. The van der Waals surface area contributed by atoms with Gasteiger partial charge in [0.15, 0.2) is 0 Å². The first-order valence-electron chi connectivity index (χ1n) is 13.0. The van der Waals surface area contributed by atoms with Crippen LogP contribution in [-0.2, 0) is 9.48 Å². The van der Waals surface area contributed by atoms with Crippen molar-refractivity contribution in [2.45, 2.75) is 36.5 Å². The molecule has 208 valence electrons. The number of hydrogen-bond acceptors (Lipinski definition) is 7. The van der Waals surface area contributed by atoms with E-state index in [0.29, 0.717) is 11.3 Å². The average Bonchev–Trinajstić information content (AvgIpc) is 3.36. The van der Waals surface area contributed by atoms with Crippen LogP contribution in [0, 0.1) is 6.92 Å². The summed E-state index contributed by atoms with van der Waals surface area (Å²) in [6.07, 6.45) is -0.306. The number of benzene rings is 3. The second kappa shape index (κ2) is 11.8. The minimum Gasteiger partial charge on any atom is -0.497 e. The summed E-state index contributed by atoms with van der Waals surface area (Å²) in [4.78, 5) is 26.7. The van der Waals surface area contributed by atoms with Gasteiger partial charge in [0, 0.05) is 23.9 Å². The fourth-order valence-corrected chi connectivity index (χ4v) is 6.74. The van der Waals surface area contributed by atoms with Crippen molar-refractivity contribution in [2.24, 2.45) is 0 Å². The highest BCUT2D eigenvalue weighted by atomic mass is 32.2. The molecule has 40 heavy (non-hydrogen) atoms. The number of rotatable bonds is 9. The molecule has 0 saturated carbocycles. The molecule has 1 aliphatic heterocycles. The molecule has 9 heteroatoms. The molecule has 0 radical (unpaired) electrons. The molecule has 0 amide bonds. The third-order valence-electron chi connectivity index (χ3n) is 7.30. The van der Waals surface area contributed by atoms with E-state index in [4.69, 9.17) is 14.2 Å². The monoisotopic (exact) mass is 560 g/mol. The fraction of sp³-hybridized carbons (Fsp3) is 0.290. The highest BCUT2D eigenvalue weighted by molar-refractivity contribution is 8.00. The summed E-state index contributed by atoms with van der Waals surface area (Å²) in [7, 11) is 3.28. The summed E-state index contributed by atoms with van der Waals surface area (Å²) >= 11 is 1.65. The molecule has 1 aliphatic rings. The second-order valence-electron chi connectivity index (χ2n) is 9.73. The van der Waals surface area contributed by atoms with Crippen LogP contribution in [0.15, 0.2) is 94.6 Å². The van der Waals surface area contributed by atoms with E-state index in [1.165, 1.54) is 10.8 Å². The number of aromatic nitrogens is 2. The Bertz CT molecular complexity index is 1500. The normalized spacial score (nSPS) is 18.9. The number of hydrogen-bond donors (Lipinski definition) is 2. The van der Waals surface area contributed by atoms with Crippen molar-refractivity contribution in [3.63, 3.8) is 0 Å². The van der Waals surface area contributed by atoms with Crippen LogP contribution in [0.25, 0.3) is 0 Å². The molecular weight excluding hydrogens is 528 g/mol. The number of nitrogens with one attached hydrogen (secondary N) is 1. The quantitative estimate of drug-likeness (QED) is 0.295. The van der Waals surface area contributed by atoms with Gasteiger partial charge in [-0.3, -0.25) is 14.3 Å². The number of aromatic amines is 1. The maximum Gasteiger partial charge on any atom is 0.330 e. The van der Waals surface area contributed by atoms with Crippen molar-refractivity contribution in [3.05, 3.63) is 128 Å². The Morgan fingerprint density at radius 2 is 1.48 bits per heavy atom. The lowest BCUT2D eigenvalue weighted by Gasteiger charge is -2.36. The van der Waals surface area contributed by atoms with Crippen molar-refractivity contribution in [1.29, 1.82) is 0 Å². The molecule has 0 aliphatic carbocycles. The Hall–Kier alpha value is -3.79. The van der Waals surface area contributed by atoms with Gasteiger partial charge >= 0.3 is 5.69 Å². The van der Waals surface area contributed by atoms with Crippen molar-refractivity contribution < 1.29 is 19.3 Å². The van der Waals surface area contributed by atoms with Crippen LogP contribution in [0.5, 0.6) is 11.5 Å². The van der Waals surface area contributed by atoms with Crippen LogP contribution >= 0.6 is 11.8 Å². The molecule has 3 aromatic carbocycles. The van der Waals surface area contributed by atoms with Gasteiger partial charge in [-0.1, -0.05) is 54.6 Å². The highest BCUT2D eigenvalue weighted by Crippen LogP contribution is 2.50. The van der Waals surface area contributed by atoms with Gasteiger partial charge in [0.2, 0.25) is 0 Å². The zero-order valence-electron chi connectivity index (χ0n) is 22.6. The summed E-state index contributed by atoms with van der Waals surface area (Å²) in [6, 6.07) is 26.2. The van der Waals surface area contributed by atoms with Crippen molar-refractivity contribution >= 4 is 11.8 Å². The van der Waals surface area contributed by atoms with Gasteiger partial charge in [-0.15, -0.1) is 11.8 Å². The van der Waals surface area contributed by atoms with Crippen molar-refractivity contribution in [2.75, 3.05) is 20.0 Å². The van der Waals surface area contributed by atoms with E-state index >= 15 is 0 Å².